The van der Waals surface area contributed by atoms with Crippen molar-refractivity contribution in [1.82, 2.24) is 13.7 Å². The average Bonchev–Trinajstić information content (AvgIpc) is 1.55. The molecule has 0 saturated heterocycles. The number of hydrogen-bond acceptors (Lipinski definition) is 2. The first-order chi connectivity index (χ1) is 64.3. The van der Waals surface area contributed by atoms with E-state index in [2.05, 4.69) is 0 Å². The van der Waals surface area contributed by atoms with E-state index in [0.29, 0.717) is 0 Å². The highest BCUT2D eigenvalue weighted by Gasteiger charge is 2.45. The second-order valence-electron chi connectivity index (χ2n) is 32.0. The van der Waals surface area contributed by atoms with Crippen molar-refractivity contribution >= 4 is 65.4 Å². The van der Waals surface area contributed by atoms with E-state index in [1.54, 1.807) is 0 Å². The van der Waals surface area contributed by atoms with Gasteiger partial charge in [0.1, 0.15) is 11.6 Å². The molecule has 0 aliphatic heterocycles. The first kappa shape index (κ1) is 95.7. The van der Waals surface area contributed by atoms with Crippen LogP contribution in [0.2, 0.25) is 0 Å². The quantitative estimate of drug-likeness (QED) is 0.128. The first-order valence-electron chi connectivity index (χ1n) is 39.5. The predicted octanol–water partition coefficient (Wildman–Crippen LogP) is 34.6. The number of nitrogens with zero attached hydrogens (tertiary/aromatic N) is 5. The Morgan fingerprint density at radius 2 is 0.331 bits per heavy atom. The van der Waals surface area contributed by atoms with E-state index in [1.807, 2.05) is 12.1 Å². The molecule has 0 spiro atoms. The van der Waals surface area contributed by atoms with Crippen LogP contribution in [0.3, 0.4) is 0 Å². The van der Waals surface area contributed by atoms with E-state index in [9.17, 15) is 169 Å². The van der Waals surface area contributed by atoms with Crippen molar-refractivity contribution in [2.45, 2.75) is 74.1 Å². The molecule has 0 fully saturated rings. The summed E-state index contributed by atoms with van der Waals surface area (Å²) in [6.45, 7) is 0. The molecule has 3 heterocycles. The molecule has 0 amide bonds. The van der Waals surface area contributed by atoms with E-state index in [1.165, 1.54) is 4.57 Å². The molecule has 17 rings (SSSR count). The number of alkyl halides is 36. The van der Waals surface area contributed by atoms with Crippen molar-refractivity contribution < 1.29 is 158 Å². The minimum atomic E-state index is -5.57. The molecule has 0 atom stereocenters. The van der Waals surface area contributed by atoms with Gasteiger partial charge in [0.05, 0.1) is 129 Å². The highest BCUT2D eigenvalue weighted by Crippen LogP contribution is 2.53. The highest BCUT2D eigenvalue weighted by molar-refractivity contribution is 6.16. The van der Waals surface area contributed by atoms with Crippen LogP contribution in [0, 0.1) is 22.7 Å². The molecule has 0 radical (unpaired) electrons. The van der Waals surface area contributed by atoms with Crippen LogP contribution < -0.4 is 0 Å². The van der Waals surface area contributed by atoms with Gasteiger partial charge in [-0.15, -0.1) is 0 Å². The normalized spacial score (nSPS) is 13.3. The number of hydrogen-bond donors (Lipinski definition) is 0. The summed E-state index contributed by atoms with van der Waals surface area (Å²) in [5, 5.41) is 20.9. The number of halogens is 36. The number of nitriles is 2. The van der Waals surface area contributed by atoms with E-state index < -0.39 is 285 Å². The maximum Gasteiger partial charge on any atom is 0.416 e. The van der Waals surface area contributed by atoms with Crippen molar-refractivity contribution in [3.05, 3.63) is 327 Å². The molecule has 0 aliphatic carbocycles. The van der Waals surface area contributed by atoms with Crippen LogP contribution in [0.1, 0.15) is 77.9 Å². The molecule has 14 aromatic carbocycles. The zero-order valence-electron chi connectivity index (χ0n) is 68.0. The molecule has 0 saturated carbocycles. The molecule has 710 valence electrons. The lowest BCUT2D eigenvalue weighted by molar-refractivity contribution is -0.144. The molecule has 139 heavy (non-hydrogen) atoms. The Kier molecular flexibility index (Phi) is 22.2. The number of benzene rings is 14. The molecule has 0 aliphatic rings. The third-order valence-corrected chi connectivity index (χ3v) is 23.2. The van der Waals surface area contributed by atoms with Crippen LogP contribution in [0.5, 0.6) is 0 Å². The monoisotopic (exact) mass is 1970 g/mol. The van der Waals surface area contributed by atoms with E-state index in [-0.39, 0.29) is 137 Å². The highest BCUT2D eigenvalue weighted by atomic mass is 19.5. The Hall–Kier alpha value is -15.1. The summed E-state index contributed by atoms with van der Waals surface area (Å²) in [5.41, 5.74) is -37.4. The van der Waals surface area contributed by atoms with E-state index in [0.717, 1.165) is 149 Å². The Balaban J connectivity index is 1.04. The number of fused-ring (bicyclic) bond motifs is 9. The van der Waals surface area contributed by atoms with Gasteiger partial charge in [-0.05, 0) is 285 Å². The van der Waals surface area contributed by atoms with Crippen LogP contribution in [0.4, 0.5) is 158 Å². The number of aromatic nitrogens is 3. The molecule has 41 heteroatoms. The minimum Gasteiger partial charge on any atom is -0.309 e. The third-order valence-electron chi connectivity index (χ3n) is 23.2. The molecule has 0 bridgehead atoms. The molecule has 3 aromatic heterocycles. The second-order valence-corrected chi connectivity index (χ2v) is 32.0. The first-order valence-corrected chi connectivity index (χ1v) is 39.5. The van der Waals surface area contributed by atoms with Gasteiger partial charge in [-0.2, -0.15) is 169 Å². The fraction of sp³-hybridized carbons (Fsp3) is 0.122. The van der Waals surface area contributed by atoms with Gasteiger partial charge in [-0.25, -0.2) is 0 Å². The zero-order valence-corrected chi connectivity index (χ0v) is 68.0. The van der Waals surface area contributed by atoms with Gasteiger partial charge in [0.25, 0.3) is 0 Å². The van der Waals surface area contributed by atoms with Crippen molar-refractivity contribution in [2.75, 3.05) is 0 Å². The van der Waals surface area contributed by atoms with Crippen molar-refractivity contribution in [1.29, 1.82) is 10.5 Å². The maximum atomic E-state index is 14.8. The fourth-order valence-electron chi connectivity index (χ4n) is 16.9. The Morgan fingerprint density at radius 3 is 0.489 bits per heavy atom. The summed E-state index contributed by atoms with van der Waals surface area (Å²) in [4.78, 5) is 0. The van der Waals surface area contributed by atoms with Gasteiger partial charge >= 0.3 is 74.1 Å². The molecule has 0 N–H and O–H groups in total. The smallest absolute Gasteiger partial charge is 0.309 e. The third kappa shape index (κ3) is 18.0. The molecular weight excluding hydrogens is 1930 g/mol. The summed E-state index contributed by atoms with van der Waals surface area (Å²) >= 11 is 0. The SMILES string of the molecule is N#Cc1ccc(-n2c3ccc(-c4cc(C(F)(F)F)cc(C(F)(F)F)c4)cc3c3cc(-c4cc(C(F)(F)F)cc(C(F)(F)F)c4)ccc32)c(-c2cc(-n3c4ccc(-c5cc(C(F)(F)F)cc(C(F)(F)F)c5)cc4c4cc(-c5cc(C(F)(F)F)cc(C(F)(F)F)c5)ccc43)c(C#N)c(-n3c4ccc(-c5cc(C(F)(F)F)cc(C(F)(F)F)c5)cc4c4cc(-c5cc(C(F)(F)F)cc(C(F)(F)F)c5)ccc43)c2)c1. The minimum absolute atomic E-state index is 0.241. The Morgan fingerprint density at radius 1 is 0.158 bits per heavy atom. The van der Waals surface area contributed by atoms with Gasteiger partial charge in [-0.3, -0.25) is 0 Å². The average molecular weight is 1970 g/mol. The maximum absolute atomic E-state index is 14.8. The topological polar surface area (TPSA) is 62.4 Å². The number of rotatable bonds is 10. The summed E-state index contributed by atoms with van der Waals surface area (Å²) in [7, 11) is 0. The van der Waals surface area contributed by atoms with Crippen LogP contribution >= 0.6 is 0 Å². The van der Waals surface area contributed by atoms with Crippen molar-refractivity contribution in [3.8, 4) is 107 Å². The standard InChI is InChI=1S/C98H41F36N5/c99-87(100,101)58-16-51(17-59(36-58)88(102,103)104)45-2-9-79-71(28-45)72-29-46(52-18-60(89(105,106)107)37-61(19-52)90(108,109)110)3-10-80(72)137(79)78-8-1-44(42-135)15-70(78)57-34-85(138-81-11-4-47(53-20-62(91(111,112)113)38-63(21-53)92(114,115)116)30-73(81)74-31-48(5-12-82(74)138)54-22-64(93(117,118)119)39-65(23-54)94(120,121)122)77(43-136)86(35-57)139-83-13-6-49(55-24-66(95(123,124)125)40-67(25-55)96(126,127)128)32-75(83)76-33-50(7-14-84(76)139)56-26-68(97(129,130)131)41-69(27-56)98(132,133)134/h1-41H. The van der Waals surface area contributed by atoms with Gasteiger partial charge < -0.3 is 13.7 Å². The molecule has 5 nitrogen and oxygen atoms in total. The fourth-order valence-corrected chi connectivity index (χ4v) is 16.9. The van der Waals surface area contributed by atoms with Gasteiger partial charge in [0, 0.05) is 37.9 Å². The lowest BCUT2D eigenvalue weighted by atomic mass is 9.96. The molecule has 17 aromatic rings. The summed E-state index contributed by atoms with van der Waals surface area (Å²) in [5.74, 6) is 0. The molecule has 0 unspecified atom stereocenters. The Labute approximate surface area is 752 Å². The van der Waals surface area contributed by atoms with Crippen LogP contribution in [0.15, 0.2) is 249 Å². The largest absolute Gasteiger partial charge is 0.416 e. The van der Waals surface area contributed by atoms with E-state index in [4.69, 9.17) is 0 Å². The van der Waals surface area contributed by atoms with Gasteiger partial charge in [0.15, 0.2) is 0 Å². The summed E-state index contributed by atoms with van der Waals surface area (Å²) < 4.78 is 535. The van der Waals surface area contributed by atoms with Crippen molar-refractivity contribution in [2.24, 2.45) is 0 Å². The van der Waals surface area contributed by atoms with Crippen LogP contribution in [-0.4, -0.2) is 13.7 Å². The molecular formula is C98H41F36N5. The second kappa shape index (κ2) is 32.3. The Bertz CT molecular complexity index is 7180. The van der Waals surface area contributed by atoms with Crippen LogP contribution in [0.25, 0.3) is 160 Å². The van der Waals surface area contributed by atoms with Gasteiger partial charge in [0.2, 0.25) is 0 Å². The lowest BCUT2D eigenvalue weighted by Crippen LogP contribution is -2.11. The van der Waals surface area contributed by atoms with Gasteiger partial charge in [-0.1, -0.05) is 36.4 Å². The predicted molar refractivity (Wildman–Crippen MR) is 437 cm³/mol. The van der Waals surface area contributed by atoms with Crippen LogP contribution in [-0.2, 0) is 74.1 Å². The lowest BCUT2D eigenvalue weighted by Gasteiger charge is -2.21. The summed E-state index contributed by atoms with van der Waals surface area (Å²) in [6.07, 6.45) is -66.6. The van der Waals surface area contributed by atoms with Crippen molar-refractivity contribution in [3.63, 3.8) is 0 Å². The zero-order chi connectivity index (χ0) is 101. The summed E-state index contributed by atoms with van der Waals surface area (Å²) in [6, 6.07) is 27.6. The van der Waals surface area contributed by atoms with E-state index >= 15 is 0 Å².